The molecule has 0 atom stereocenters. The summed E-state index contributed by atoms with van der Waals surface area (Å²) in [5.41, 5.74) is 7.03. The Morgan fingerprint density at radius 3 is 2.29 bits per heavy atom. The molecule has 0 aliphatic carbocycles. The van der Waals surface area contributed by atoms with Gasteiger partial charge in [0.1, 0.15) is 10.8 Å². The summed E-state index contributed by atoms with van der Waals surface area (Å²) in [4.78, 5) is 4.05. The molecule has 17 heavy (non-hydrogen) atoms. The SMILES string of the molecule is CC(C)(C)c1ccc(Oc2ncc(N)s2)cc1. The summed E-state index contributed by atoms with van der Waals surface area (Å²) in [6, 6.07) is 8.06. The van der Waals surface area contributed by atoms with E-state index in [1.165, 1.54) is 16.9 Å². The lowest BCUT2D eigenvalue weighted by molar-refractivity contribution is 0.477. The highest BCUT2D eigenvalue weighted by Crippen LogP contribution is 2.29. The van der Waals surface area contributed by atoms with Crippen LogP contribution in [-0.4, -0.2) is 4.98 Å². The van der Waals surface area contributed by atoms with E-state index in [-0.39, 0.29) is 5.41 Å². The minimum Gasteiger partial charge on any atom is -0.431 e. The van der Waals surface area contributed by atoms with Crippen LogP contribution in [-0.2, 0) is 5.41 Å². The summed E-state index contributed by atoms with van der Waals surface area (Å²) in [6.45, 7) is 6.55. The third-order valence-corrected chi connectivity index (χ3v) is 3.13. The van der Waals surface area contributed by atoms with Gasteiger partial charge in [0.05, 0.1) is 6.20 Å². The second kappa shape index (κ2) is 4.37. The van der Waals surface area contributed by atoms with E-state index in [1.807, 2.05) is 12.1 Å². The standard InChI is InChI=1S/C13H16N2OS/c1-13(2,3)9-4-6-10(7-5-9)16-12-15-8-11(14)17-12/h4-8H,14H2,1-3H3. The lowest BCUT2D eigenvalue weighted by atomic mass is 9.87. The van der Waals surface area contributed by atoms with Gasteiger partial charge in [-0.3, -0.25) is 0 Å². The van der Waals surface area contributed by atoms with Crippen LogP contribution in [0.15, 0.2) is 30.5 Å². The van der Waals surface area contributed by atoms with Crippen molar-refractivity contribution in [3.63, 3.8) is 0 Å². The molecular formula is C13H16N2OS. The first-order chi connectivity index (χ1) is 7.95. The van der Waals surface area contributed by atoms with Crippen LogP contribution in [0, 0.1) is 0 Å². The summed E-state index contributed by atoms with van der Waals surface area (Å²) in [7, 11) is 0. The number of nitrogens with zero attached hydrogens (tertiary/aromatic N) is 1. The van der Waals surface area contributed by atoms with Gasteiger partial charge in [0.2, 0.25) is 0 Å². The molecule has 1 aromatic heterocycles. The molecule has 0 saturated carbocycles. The lowest BCUT2D eigenvalue weighted by Crippen LogP contribution is -2.10. The molecule has 0 amide bonds. The Kier molecular flexibility index (Phi) is 3.07. The molecule has 0 unspecified atom stereocenters. The van der Waals surface area contributed by atoms with E-state index in [0.29, 0.717) is 10.2 Å². The Labute approximate surface area is 105 Å². The number of aromatic nitrogens is 1. The van der Waals surface area contributed by atoms with E-state index in [1.54, 1.807) is 6.20 Å². The molecule has 90 valence electrons. The molecule has 0 saturated heterocycles. The number of nitrogens with two attached hydrogens (primary N) is 1. The molecule has 0 aliphatic heterocycles. The van der Waals surface area contributed by atoms with Crippen molar-refractivity contribution in [2.24, 2.45) is 0 Å². The van der Waals surface area contributed by atoms with Crippen molar-refractivity contribution in [3.05, 3.63) is 36.0 Å². The Bertz CT molecular complexity index is 497. The quantitative estimate of drug-likeness (QED) is 0.879. The van der Waals surface area contributed by atoms with E-state index >= 15 is 0 Å². The van der Waals surface area contributed by atoms with Gasteiger partial charge in [-0.1, -0.05) is 44.2 Å². The van der Waals surface area contributed by atoms with Crippen LogP contribution in [0.5, 0.6) is 10.9 Å². The topological polar surface area (TPSA) is 48.1 Å². The van der Waals surface area contributed by atoms with Crippen LogP contribution >= 0.6 is 11.3 Å². The summed E-state index contributed by atoms with van der Waals surface area (Å²) >= 11 is 1.34. The zero-order valence-corrected chi connectivity index (χ0v) is 11.0. The van der Waals surface area contributed by atoms with Crippen LogP contribution < -0.4 is 10.5 Å². The van der Waals surface area contributed by atoms with E-state index in [2.05, 4.69) is 37.9 Å². The Morgan fingerprint density at radius 1 is 1.18 bits per heavy atom. The minimum absolute atomic E-state index is 0.157. The number of thiazole rings is 1. The van der Waals surface area contributed by atoms with Crippen molar-refractivity contribution in [1.29, 1.82) is 0 Å². The highest BCUT2D eigenvalue weighted by molar-refractivity contribution is 7.17. The average molecular weight is 248 g/mol. The van der Waals surface area contributed by atoms with Gasteiger partial charge in [0, 0.05) is 0 Å². The zero-order valence-electron chi connectivity index (χ0n) is 10.2. The van der Waals surface area contributed by atoms with Crippen LogP contribution in [0.1, 0.15) is 26.3 Å². The Hall–Kier alpha value is -1.55. The Morgan fingerprint density at radius 2 is 1.82 bits per heavy atom. The van der Waals surface area contributed by atoms with Gasteiger partial charge in [-0.25, -0.2) is 4.98 Å². The van der Waals surface area contributed by atoms with E-state index in [0.717, 1.165) is 5.75 Å². The first-order valence-electron chi connectivity index (χ1n) is 5.45. The smallest absolute Gasteiger partial charge is 0.280 e. The van der Waals surface area contributed by atoms with Crippen LogP contribution in [0.3, 0.4) is 0 Å². The molecule has 0 bridgehead atoms. The normalized spacial score (nSPS) is 11.5. The molecule has 0 spiro atoms. The molecule has 0 aliphatic rings. The molecule has 0 fully saturated rings. The largest absolute Gasteiger partial charge is 0.431 e. The number of ether oxygens (including phenoxy) is 1. The van der Waals surface area contributed by atoms with Gasteiger partial charge in [-0.2, -0.15) is 0 Å². The first-order valence-corrected chi connectivity index (χ1v) is 6.26. The molecule has 2 rings (SSSR count). The van der Waals surface area contributed by atoms with Gasteiger partial charge >= 0.3 is 0 Å². The van der Waals surface area contributed by atoms with E-state index in [9.17, 15) is 0 Å². The molecule has 2 aromatic rings. The predicted molar refractivity (Wildman–Crippen MR) is 71.7 cm³/mol. The van der Waals surface area contributed by atoms with Gasteiger partial charge in [-0.05, 0) is 23.1 Å². The van der Waals surface area contributed by atoms with Crippen molar-refractivity contribution in [3.8, 4) is 10.9 Å². The maximum Gasteiger partial charge on any atom is 0.280 e. The fraction of sp³-hybridized carbons (Fsp3) is 0.308. The highest BCUT2D eigenvalue weighted by atomic mass is 32.1. The minimum atomic E-state index is 0.157. The van der Waals surface area contributed by atoms with Gasteiger partial charge < -0.3 is 10.5 Å². The van der Waals surface area contributed by atoms with Crippen LogP contribution in [0.25, 0.3) is 0 Å². The van der Waals surface area contributed by atoms with Crippen molar-refractivity contribution >= 4 is 16.3 Å². The number of nitrogen functional groups attached to an aromatic ring is 1. The maximum atomic E-state index is 5.59. The van der Waals surface area contributed by atoms with Gasteiger partial charge in [0.15, 0.2) is 0 Å². The van der Waals surface area contributed by atoms with Crippen molar-refractivity contribution in [2.75, 3.05) is 5.73 Å². The third kappa shape index (κ3) is 2.97. The van der Waals surface area contributed by atoms with Crippen molar-refractivity contribution < 1.29 is 4.74 Å². The highest BCUT2D eigenvalue weighted by Gasteiger charge is 2.13. The number of benzene rings is 1. The molecule has 4 heteroatoms. The van der Waals surface area contributed by atoms with E-state index in [4.69, 9.17) is 10.5 Å². The molecule has 1 aromatic carbocycles. The second-order valence-electron chi connectivity index (χ2n) is 4.90. The molecular weight excluding hydrogens is 232 g/mol. The molecule has 2 N–H and O–H groups in total. The van der Waals surface area contributed by atoms with E-state index < -0.39 is 0 Å². The fourth-order valence-corrected chi connectivity index (χ4v) is 1.99. The summed E-state index contributed by atoms with van der Waals surface area (Å²) in [5.74, 6) is 0.785. The average Bonchev–Trinajstić information content (AvgIpc) is 2.63. The van der Waals surface area contributed by atoms with Crippen LogP contribution in [0.2, 0.25) is 0 Å². The summed E-state index contributed by atoms with van der Waals surface area (Å²) in [5, 5.41) is 1.23. The number of anilines is 1. The molecule has 0 radical (unpaired) electrons. The van der Waals surface area contributed by atoms with Crippen LogP contribution in [0.4, 0.5) is 5.00 Å². The third-order valence-electron chi connectivity index (χ3n) is 2.43. The number of hydrogen-bond donors (Lipinski definition) is 1. The summed E-state index contributed by atoms with van der Waals surface area (Å²) in [6.07, 6.45) is 1.60. The fourth-order valence-electron chi connectivity index (χ4n) is 1.44. The number of hydrogen-bond acceptors (Lipinski definition) is 4. The number of rotatable bonds is 2. The van der Waals surface area contributed by atoms with Crippen molar-refractivity contribution in [1.82, 2.24) is 4.98 Å². The maximum absolute atomic E-state index is 5.59. The second-order valence-corrected chi connectivity index (χ2v) is 5.93. The predicted octanol–water partition coefficient (Wildman–Crippen LogP) is 3.82. The monoisotopic (exact) mass is 248 g/mol. The first kappa shape index (κ1) is 11.9. The van der Waals surface area contributed by atoms with Crippen molar-refractivity contribution in [2.45, 2.75) is 26.2 Å². The summed E-state index contributed by atoms with van der Waals surface area (Å²) < 4.78 is 5.59. The van der Waals surface area contributed by atoms with Gasteiger partial charge in [0.25, 0.3) is 5.19 Å². The Balaban J connectivity index is 2.13. The molecule has 1 heterocycles. The molecule has 3 nitrogen and oxygen atoms in total. The van der Waals surface area contributed by atoms with Gasteiger partial charge in [-0.15, -0.1) is 0 Å². The lowest BCUT2D eigenvalue weighted by Gasteiger charge is -2.18. The zero-order chi connectivity index (χ0) is 12.5.